The molecule has 0 saturated heterocycles. The molecule has 0 spiro atoms. The summed E-state index contributed by atoms with van der Waals surface area (Å²) in [5.74, 6) is -0.457. The van der Waals surface area contributed by atoms with Gasteiger partial charge in [-0.05, 0) is 20.8 Å². The number of halogens is 1. The van der Waals surface area contributed by atoms with Gasteiger partial charge in [0.25, 0.3) is 0 Å². The summed E-state index contributed by atoms with van der Waals surface area (Å²) in [7, 11) is 1.72. The van der Waals surface area contributed by atoms with Crippen molar-refractivity contribution in [1.29, 1.82) is 0 Å². The molecular weight excluding hydrogens is 261 g/mol. The number of hydrogen-bond donors (Lipinski definition) is 2. The van der Waals surface area contributed by atoms with Gasteiger partial charge in [-0.2, -0.15) is 0 Å². The molecule has 0 bridgehead atoms. The van der Waals surface area contributed by atoms with E-state index in [-0.39, 0.29) is 17.3 Å². The van der Waals surface area contributed by atoms with Gasteiger partial charge in [0.2, 0.25) is 5.91 Å². The van der Waals surface area contributed by atoms with Crippen LogP contribution in [-0.4, -0.2) is 37.0 Å². The standard InChI is InChI=1S/C14H22FN3O2/c1-5-18(4)14(19)9(3)17-12-8-13(20-6-2)10(15)7-11(12)16/h7-9,17H,5-6,16H2,1-4H3. The van der Waals surface area contributed by atoms with Crippen molar-refractivity contribution < 1.29 is 13.9 Å². The van der Waals surface area contributed by atoms with Crippen molar-refractivity contribution in [2.75, 3.05) is 31.2 Å². The van der Waals surface area contributed by atoms with Crippen LogP contribution in [0.2, 0.25) is 0 Å². The molecule has 0 aliphatic heterocycles. The fourth-order valence-electron chi connectivity index (χ4n) is 1.74. The molecule has 1 rings (SSSR count). The molecule has 0 radical (unpaired) electrons. The lowest BCUT2D eigenvalue weighted by Crippen LogP contribution is -2.39. The monoisotopic (exact) mass is 283 g/mol. The van der Waals surface area contributed by atoms with E-state index in [4.69, 9.17) is 10.5 Å². The average molecular weight is 283 g/mol. The molecule has 1 unspecified atom stereocenters. The van der Waals surface area contributed by atoms with Crippen molar-refractivity contribution in [3.8, 4) is 5.75 Å². The Morgan fingerprint density at radius 2 is 2.15 bits per heavy atom. The number of carbonyl (C=O) groups is 1. The van der Waals surface area contributed by atoms with E-state index in [1.165, 1.54) is 12.1 Å². The summed E-state index contributed by atoms with van der Waals surface area (Å²) in [5, 5.41) is 2.99. The van der Waals surface area contributed by atoms with Crippen LogP contribution in [0, 0.1) is 5.82 Å². The van der Waals surface area contributed by atoms with Gasteiger partial charge in [0.15, 0.2) is 11.6 Å². The number of ether oxygens (including phenoxy) is 1. The third kappa shape index (κ3) is 3.76. The zero-order valence-corrected chi connectivity index (χ0v) is 12.4. The number of hydrogen-bond acceptors (Lipinski definition) is 4. The third-order valence-corrected chi connectivity index (χ3v) is 3.00. The van der Waals surface area contributed by atoms with E-state index in [0.717, 1.165) is 0 Å². The lowest BCUT2D eigenvalue weighted by atomic mass is 10.2. The number of anilines is 2. The van der Waals surface area contributed by atoms with Gasteiger partial charge in [-0.3, -0.25) is 4.79 Å². The molecule has 0 fully saturated rings. The van der Waals surface area contributed by atoms with E-state index in [1.54, 1.807) is 25.8 Å². The molecule has 0 aliphatic carbocycles. The second-order valence-electron chi connectivity index (χ2n) is 4.52. The number of rotatable bonds is 6. The number of benzene rings is 1. The van der Waals surface area contributed by atoms with Crippen LogP contribution in [0.1, 0.15) is 20.8 Å². The molecule has 6 heteroatoms. The molecule has 0 saturated carbocycles. The average Bonchev–Trinajstić information content (AvgIpc) is 2.42. The van der Waals surface area contributed by atoms with Crippen LogP contribution in [0.15, 0.2) is 12.1 Å². The summed E-state index contributed by atoms with van der Waals surface area (Å²) in [6.07, 6.45) is 0. The van der Waals surface area contributed by atoms with Gasteiger partial charge in [0.05, 0.1) is 18.0 Å². The lowest BCUT2D eigenvalue weighted by molar-refractivity contribution is -0.130. The van der Waals surface area contributed by atoms with Crippen molar-refractivity contribution in [1.82, 2.24) is 4.90 Å². The zero-order chi connectivity index (χ0) is 15.3. The molecule has 1 amide bonds. The maximum absolute atomic E-state index is 13.6. The van der Waals surface area contributed by atoms with Gasteiger partial charge < -0.3 is 20.7 Å². The van der Waals surface area contributed by atoms with Crippen molar-refractivity contribution >= 4 is 17.3 Å². The Morgan fingerprint density at radius 3 is 2.70 bits per heavy atom. The van der Waals surface area contributed by atoms with E-state index in [9.17, 15) is 9.18 Å². The molecule has 0 heterocycles. The van der Waals surface area contributed by atoms with Crippen molar-refractivity contribution in [2.24, 2.45) is 0 Å². The minimum atomic E-state index is -0.514. The fraction of sp³-hybridized carbons (Fsp3) is 0.500. The summed E-state index contributed by atoms with van der Waals surface area (Å²) >= 11 is 0. The molecular formula is C14H22FN3O2. The number of amides is 1. The first-order chi connectivity index (χ1) is 9.40. The van der Waals surface area contributed by atoms with E-state index >= 15 is 0 Å². The van der Waals surface area contributed by atoms with E-state index in [0.29, 0.717) is 18.8 Å². The number of nitrogen functional groups attached to an aromatic ring is 1. The van der Waals surface area contributed by atoms with Crippen LogP contribution in [-0.2, 0) is 4.79 Å². The van der Waals surface area contributed by atoms with Crippen LogP contribution in [0.5, 0.6) is 5.75 Å². The summed E-state index contributed by atoms with van der Waals surface area (Å²) < 4.78 is 18.8. The topological polar surface area (TPSA) is 67.6 Å². The summed E-state index contributed by atoms with van der Waals surface area (Å²) in [4.78, 5) is 13.6. The number of likely N-dealkylation sites (N-methyl/N-ethyl adjacent to an activating group) is 1. The molecule has 0 aliphatic rings. The van der Waals surface area contributed by atoms with E-state index in [1.807, 2.05) is 6.92 Å². The molecule has 1 atom stereocenters. The Kier molecular flexibility index (Phi) is 5.61. The quantitative estimate of drug-likeness (QED) is 0.784. The highest BCUT2D eigenvalue weighted by Crippen LogP contribution is 2.28. The van der Waals surface area contributed by atoms with Crippen LogP contribution in [0.4, 0.5) is 15.8 Å². The number of nitrogens with one attached hydrogen (secondary N) is 1. The number of nitrogens with zero attached hydrogens (tertiary/aromatic N) is 1. The second-order valence-corrected chi connectivity index (χ2v) is 4.52. The third-order valence-electron chi connectivity index (χ3n) is 3.00. The van der Waals surface area contributed by atoms with Gasteiger partial charge in [0.1, 0.15) is 6.04 Å². The van der Waals surface area contributed by atoms with Crippen LogP contribution >= 0.6 is 0 Å². The van der Waals surface area contributed by atoms with Crippen LogP contribution in [0.3, 0.4) is 0 Å². The minimum Gasteiger partial charge on any atom is -0.491 e. The van der Waals surface area contributed by atoms with Crippen molar-refractivity contribution in [2.45, 2.75) is 26.8 Å². The summed E-state index contributed by atoms with van der Waals surface area (Å²) in [5.41, 5.74) is 6.49. The Balaban J connectivity index is 2.91. The fourth-order valence-corrected chi connectivity index (χ4v) is 1.74. The molecule has 3 N–H and O–H groups in total. The first kappa shape index (κ1) is 16.1. The first-order valence-electron chi connectivity index (χ1n) is 6.64. The van der Waals surface area contributed by atoms with Gasteiger partial charge in [-0.15, -0.1) is 0 Å². The minimum absolute atomic E-state index is 0.0609. The largest absolute Gasteiger partial charge is 0.491 e. The molecule has 1 aromatic rings. The van der Waals surface area contributed by atoms with Crippen LogP contribution < -0.4 is 15.8 Å². The predicted octanol–water partition coefficient (Wildman–Crippen LogP) is 2.09. The van der Waals surface area contributed by atoms with Gasteiger partial charge in [-0.1, -0.05) is 0 Å². The van der Waals surface area contributed by atoms with Crippen molar-refractivity contribution in [3.63, 3.8) is 0 Å². The molecule has 112 valence electrons. The normalized spacial score (nSPS) is 11.8. The Bertz CT molecular complexity index is 480. The lowest BCUT2D eigenvalue weighted by Gasteiger charge is -2.22. The molecule has 20 heavy (non-hydrogen) atoms. The Morgan fingerprint density at radius 1 is 1.50 bits per heavy atom. The highest BCUT2D eigenvalue weighted by atomic mass is 19.1. The highest BCUT2D eigenvalue weighted by Gasteiger charge is 2.18. The maximum Gasteiger partial charge on any atom is 0.244 e. The smallest absolute Gasteiger partial charge is 0.244 e. The maximum atomic E-state index is 13.6. The van der Waals surface area contributed by atoms with E-state index in [2.05, 4.69) is 5.32 Å². The summed E-state index contributed by atoms with van der Waals surface area (Å²) in [6, 6.07) is 2.21. The SMILES string of the molecule is CCOc1cc(NC(C)C(=O)N(C)CC)c(N)cc1F. The van der Waals surface area contributed by atoms with Crippen molar-refractivity contribution in [3.05, 3.63) is 17.9 Å². The summed E-state index contributed by atoms with van der Waals surface area (Å²) in [6.45, 7) is 6.37. The number of carbonyl (C=O) groups excluding carboxylic acids is 1. The number of nitrogens with two attached hydrogens (primary N) is 1. The highest BCUT2D eigenvalue weighted by molar-refractivity contribution is 5.85. The van der Waals surface area contributed by atoms with Gasteiger partial charge in [-0.25, -0.2) is 4.39 Å². The van der Waals surface area contributed by atoms with Gasteiger partial charge in [0, 0.05) is 25.7 Å². The zero-order valence-electron chi connectivity index (χ0n) is 12.4. The molecule has 5 nitrogen and oxygen atoms in total. The van der Waals surface area contributed by atoms with Gasteiger partial charge >= 0.3 is 0 Å². The van der Waals surface area contributed by atoms with Crippen LogP contribution in [0.25, 0.3) is 0 Å². The second kappa shape index (κ2) is 6.98. The van der Waals surface area contributed by atoms with E-state index < -0.39 is 11.9 Å². The Labute approximate surface area is 118 Å². The molecule has 1 aromatic carbocycles. The Hall–Kier alpha value is -1.98. The molecule has 0 aromatic heterocycles. The predicted molar refractivity (Wildman–Crippen MR) is 78.4 cm³/mol. The first-order valence-corrected chi connectivity index (χ1v) is 6.64.